The summed E-state index contributed by atoms with van der Waals surface area (Å²) in [6.45, 7) is 0. The Hall–Kier alpha value is -0.740. The average Bonchev–Trinajstić information content (AvgIpc) is 2.54. The summed E-state index contributed by atoms with van der Waals surface area (Å²) in [6.07, 6.45) is 1.07. The van der Waals surface area contributed by atoms with Gasteiger partial charge in [0.25, 0.3) is 0 Å². The van der Waals surface area contributed by atoms with Gasteiger partial charge in [0.2, 0.25) is 0 Å². The van der Waals surface area contributed by atoms with Crippen LogP contribution in [0.4, 0.5) is 4.39 Å². The zero-order valence-corrected chi connectivity index (χ0v) is 16.6. The van der Waals surface area contributed by atoms with Crippen LogP contribution in [-0.2, 0) is 0 Å². The van der Waals surface area contributed by atoms with Gasteiger partial charge in [0.1, 0.15) is 5.82 Å². The third kappa shape index (κ3) is 3.85. The first-order valence-corrected chi connectivity index (χ1v) is 9.00. The molecule has 1 aromatic heterocycles. The third-order valence-corrected chi connectivity index (χ3v) is 5.49. The fraction of sp³-hybridized carbons (Fsp3) is 0. The lowest BCUT2D eigenvalue weighted by Gasteiger charge is -2.14. The van der Waals surface area contributed by atoms with E-state index in [-0.39, 0.29) is 10.0 Å². The second-order valence-electron chi connectivity index (χ2n) is 5.04. The molecule has 8 heteroatoms. The van der Waals surface area contributed by atoms with Gasteiger partial charge in [0, 0.05) is 16.7 Å². The average molecular weight is 456 g/mol. The number of pyridine rings is 1. The van der Waals surface area contributed by atoms with Gasteiger partial charge in [-0.25, -0.2) is 4.39 Å². The Bertz CT molecular complexity index is 989. The summed E-state index contributed by atoms with van der Waals surface area (Å²) in [4.78, 5) is 4.15. The molecule has 128 valence electrons. The lowest BCUT2D eigenvalue weighted by Crippen LogP contribution is -1.94. The van der Waals surface area contributed by atoms with Crippen LogP contribution in [0.2, 0.25) is 30.1 Å². The van der Waals surface area contributed by atoms with E-state index in [2.05, 4.69) is 4.98 Å². The van der Waals surface area contributed by atoms with Crippen molar-refractivity contribution in [3.8, 4) is 22.4 Å². The largest absolute Gasteiger partial charge is 0.252 e. The number of aromatic nitrogens is 1. The molecule has 0 fully saturated rings. The van der Waals surface area contributed by atoms with Gasteiger partial charge in [-0.05, 0) is 30.3 Å². The Morgan fingerprint density at radius 3 is 1.64 bits per heavy atom. The van der Waals surface area contributed by atoms with Crippen LogP contribution in [0.3, 0.4) is 0 Å². The zero-order chi connectivity index (χ0) is 18.3. The van der Waals surface area contributed by atoms with Crippen LogP contribution in [0.25, 0.3) is 22.4 Å². The van der Waals surface area contributed by atoms with Crippen molar-refractivity contribution < 1.29 is 4.39 Å². The molecule has 3 rings (SSSR count). The van der Waals surface area contributed by atoms with Crippen LogP contribution in [0.5, 0.6) is 0 Å². The van der Waals surface area contributed by atoms with E-state index in [1.165, 1.54) is 24.3 Å². The van der Waals surface area contributed by atoms with Crippen molar-refractivity contribution in [1.29, 1.82) is 0 Å². The summed E-state index contributed by atoms with van der Waals surface area (Å²) >= 11 is 36.6. The molecule has 0 aliphatic carbocycles. The van der Waals surface area contributed by atoms with Gasteiger partial charge >= 0.3 is 0 Å². The maximum Gasteiger partial charge on any atom is 0.142 e. The predicted octanol–water partition coefficient (Wildman–Crippen LogP) is 8.48. The minimum absolute atomic E-state index is 0.275. The zero-order valence-electron chi connectivity index (χ0n) is 12.1. The SMILES string of the molecule is Fc1cnc(-c2cc(Cl)c(Cl)cc2Cl)c(-c2cc(Cl)c(Cl)cc2Cl)c1. The molecule has 0 spiro atoms. The predicted molar refractivity (Wildman–Crippen MR) is 105 cm³/mol. The van der Waals surface area contributed by atoms with Crippen molar-refractivity contribution in [1.82, 2.24) is 4.98 Å². The number of halogens is 7. The fourth-order valence-electron chi connectivity index (χ4n) is 2.29. The molecule has 1 heterocycles. The first-order chi connectivity index (χ1) is 11.8. The van der Waals surface area contributed by atoms with Crippen molar-refractivity contribution in [3.05, 3.63) is 72.5 Å². The first-order valence-electron chi connectivity index (χ1n) is 6.73. The molecule has 2 aromatic carbocycles. The van der Waals surface area contributed by atoms with E-state index in [0.29, 0.717) is 42.5 Å². The molecule has 0 aliphatic rings. The van der Waals surface area contributed by atoms with E-state index in [9.17, 15) is 4.39 Å². The molecule has 0 N–H and O–H groups in total. The van der Waals surface area contributed by atoms with E-state index in [4.69, 9.17) is 69.6 Å². The van der Waals surface area contributed by atoms with Crippen molar-refractivity contribution >= 4 is 69.6 Å². The lowest BCUT2D eigenvalue weighted by molar-refractivity contribution is 0.622. The maximum absolute atomic E-state index is 13.9. The van der Waals surface area contributed by atoms with Gasteiger partial charge in [-0.2, -0.15) is 0 Å². The van der Waals surface area contributed by atoms with Crippen molar-refractivity contribution in [3.63, 3.8) is 0 Å². The van der Waals surface area contributed by atoms with E-state index < -0.39 is 5.82 Å². The van der Waals surface area contributed by atoms with Gasteiger partial charge in [-0.15, -0.1) is 0 Å². The molecule has 0 aliphatic heterocycles. The minimum atomic E-state index is -0.544. The molecule has 0 radical (unpaired) electrons. The second kappa shape index (κ2) is 7.48. The summed E-state index contributed by atoms with van der Waals surface area (Å²) in [6, 6.07) is 7.35. The Kier molecular flexibility index (Phi) is 5.69. The van der Waals surface area contributed by atoms with Gasteiger partial charge in [-0.1, -0.05) is 69.6 Å². The van der Waals surface area contributed by atoms with Gasteiger partial charge in [0.15, 0.2) is 0 Å². The van der Waals surface area contributed by atoms with Gasteiger partial charge in [0.05, 0.1) is 42.0 Å². The second-order valence-corrected chi connectivity index (χ2v) is 7.49. The third-order valence-electron chi connectivity index (χ3n) is 3.42. The molecule has 0 amide bonds. The van der Waals surface area contributed by atoms with Crippen LogP contribution in [0.1, 0.15) is 0 Å². The summed E-state index contributed by atoms with van der Waals surface area (Å²) in [5.41, 5.74) is 1.71. The molecule has 0 saturated carbocycles. The number of hydrogen-bond acceptors (Lipinski definition) is 1. The molecule has 0 bridgehead atoms. The standard InChI is InChI=1S/C17H6Cl6FN/c18-11-4-15(22)13(20)2-8(11)9-1-7(24)6-25-17(9)10-3-14(21)16(23)5-12(10)19/h1-6H. The summed E-state index contributed by atoms with van der Waals surface area (Å²) < 4.78 is 13.9. The van der Waals surface area contributed by atoms with Crippen LogP contribution < -0.4 is 0 Å². The summed E-state index contributed by atoms with van der Waals surface area (Å²) in [5.74, 6) is -0.544. The minimum Gasteiger partial charge on any atom is -0.252 e. The number of nitrogens with zero attached hydrogens (tertiary/aromatic N) is 1. The van der Waals surface area contributed by atoms with Crippen molar-refractivity contribution in [2.45, 2.75) is 0 Å². The van der Waals surface area contributed by atoms with Gasteiger partial charge in [-0.3, -0.25) is 4.98 Å². The Labute approximate surface area is 173 Å². The quantitative estimate of drug-likeness (QED) is 0.353. The molecule has 0 unspecified atom stereocenters. The lowest BCUT2D eigenvalue weighted by atomic mass is 9.99. The highest BCUT2D eigenvalue weighted by atomic mass is 35.5. The summed E-state index contributed by atoms with van der Waals surface area (Å²) in [5, 5.41) is 1.75. The monoisotopic (exact) mass is 453 g/mol. The highest BCUT2D eigenvalue weighted by Gasteiger charge is 2.18. The Morgan fingerprint density at radius 2 is 1.04 bits per heavy atom. The van der Waals surface area contributed by atoms with Crippen LogP contribution in [0, 0.1) is 5.82 Å². The Morgan fingerprint density at radius 1 is 0.560 bits per heavy atom. The van der Waals surface area contributed by atoms with Crippen LogP contribution >= 0.6 is 69.6 Å². The van der Waals surface area contributed by atoms with Crippen molar-refractivity contribution in [2.75, 3.05) is 0 Å². The van der Waals surface area contributed by atoms with E-state index in [1.807, 2.05) is 0 Å². The first kappa shape index (κ1) is 19.0. The molecular formula is C17H6Cl6FN. The molecule has 1 nitrogen and oxygen atoms in total. The van der Waals surface area contributed by atoms with E-state index >= 15 is 0 Å². The molecule has 0 atom stereocenters. The Balaban J connectivity index is 2.32. The highest BCUT2D eigenvalue weighted by Crippen LogP contribution is 2.42. The molecular weight excluding hydrogens is 450 g/mol. The number of hydrogen-bond donors (Lipinski definition) is 0. The molecule has 25 heavy (non-hydrogen) atoms. The number of rotatable bonds is 2. The van der Waals surface area contributed by atoms with E-state index in [1.54, 1.807) is 6.07 Å². The highest BCUT2D eigenvalue weighted by molar-refractivity contribution is 6.45. The molecule has 3 aromatic rings. The van der Waals surface area contributed by atoms with Gasteiger partial charge < -0.3 is 0 Å². The van der Waals surface area contributed by atoms with Crippen molar-refractivity contribution in [2.24, 2.45) is 0 Å². The van der Waals surface area contributed by atoms with Crippen LogP contribution in [0.15, 0.2) is 36.5 Å². The topological polar surface area (TPSA) is 12.9 Å². The smallest absolute Gasteiger partial charge is 0.142 e. The normalized spacial score (nSPS) is 11.0. The van der Waals surface area contributed by atoms with Crippen LogP contribution in [-0.4, -0.2) is 4.98 Å². The maximum atomic E-state index is 13.9. The fourth-order valence-corrected chi connectivity index (χ4v) is 3.58. The van der Waals surface area contributed by atoms with E-state index in [0.717, 1.165) is 6.20 Å². The molecule has 0 saturated heterocycles. The number of benzene rings is 2. The summed E-state index contributed by atoms with van der Waals surface area (Å²) in [7, 11) is 0.